The molecule has 1 amide bonds. The van der Waals surface area contributed by atoms with Crippen LogP contribution in [0.2, 0.25) is 0 Å². The normalized spacial score (nSPS) is 23.1. The number of amides is 1. The maximum Gasteiger partial charge on any atom is 0.225 e. The zero-order chi connectivity index (χ0) is 15.6. The van der Waals surface area contributed by atoms with Crippen LogP contribution in [0.4, 0.5) is 5.95 Å². The molecule has 1 aromatic heterocycles. The zero-order valence-corrected chi connectivity index (χ0v) is 13.7. The molecule has 0 unspecified atom stereocenters. The molecule has 6 nitrogen and oxygen atoms in total. The van der Waals surface area contributed by atoms with Crippen molar-refractivity contribution in [3.63, 3.8) is 0 Å². The van der Waals surface area contributed by atoms with E-state index in [2.05, 4.69) is 14.8 Å². The third-order valence-corrected chi connectivity index (χ3v) is 5.58. The molecule has 124 valence electrons. The first-order valence-corrected chi connectivity index (χ1v) is 8.86. The molecule has 2 aliphatic heterocycles. The van der Waals surface area contributed by atoms with Gasteiger partial charge in [-0.05, 0) is 24.8 Å². The maximum absolute atomic E-state index is 11.0. The number of aromatic nitrogens is 2. The quantitative estimate of drug-likeness (QED) is 0.769. The summed E-state index contributed by atoms with van der Waals surface area (Å²) in [5.74, 6) is 0.872. The summed E-state index contributed by atoms with van der Waals surface area (Å²) in [5.41, 5.74) is 2.33. The highest BCUT2D eigenvalue weighted by molar-refractivity contribution is 5.47. The van der Waals surface area contributed by atoms with Crippen molar-refractivity contribution >= 4 is 12.4 Å². The Morgan fingerprint density at radius 1 is 1.04 bits per heavy atom. The summed E-state index contributed by atoms with van der Waals surface area (Å²) < 4.78 is 0. The topological polar surface area (TPSA) is 52.6 Å². The minimum Gasteiger partial charge on any atom is -0.345 e. The molecule has 2 fully saturated rings. The van der Waals surface area contributed by atoms with Crippen molar-refractivity contribution in [1.29, 1.82) is 0 Å². The lowest BCUT2D eigenvalue weighted by Crippen LogP contribution is -2.52. The Kier molecular flexibility index (Phi) is 4.16. The van der Waals surface area contributed by atoms with Crippen LogP contribution in [0.3, 0.4) is 0 Å². The van der Waals surface area contributed by atoms with Gasteiger partial charge < -0.3 is 9.80 Å². The highest BCUT2D eigenvalue weighted by Crippen LogP contribution is 2.26. The molecule has 0 N–H and O–H groups in total. The van der Waals surface area contributed by atoms with Gasteiger partial charge in [0.15, 0.2) is 0 Å². The fourth-order valence-corrected chi connectivity index (χ4v) is 3.78. The van der Waals surface area contributed by atoms with Crippen LogP contribution in [0.25, 0.3) is 0 Å². The highest BCUT2D eigenvalue weighted by atomic mass is 16.1. The molecule has 0 spiro atoms. The van der Waals surface area contributed by atoms with Gasteiger partial charge in [0, 0.05) is 57.9 Å². The fraction of sp³-hybridized carbons (Fsp3) is 0.706. The Balaban J connectivity index is 1.42. The van der Waals surface area contributed by atoms with Gasteiger partial charge in [-0.25, -0.2) is 9.97 Å². The van der Waals surface area contributed by atoms with Crippen LogP contribution < -0.4 is 4.90 Å². The average molecular weight is 315 g/mol. The van der Waals surface area contributed by atoms with Gasteiger partial charge in [-0.1, -0.05) is 6.42 Å². The van der Waals surface area contributed by atoms with Crippen LogP contribution in [0.5, 0.6) is 0 Å². The Hall–Kier alpha value is -1.69. The van der Waals surface area contributed by atoms with Crippen LogP contribution in [-0.4, -0.2) is 71.5 Å². The third kappa shape index (κ3) is 3.04. The van der Waals surface area contributed by atoms with E-state index in [1.807, 2.05) is 11.1 Å². The van der Waals surface area contributed by atoms with E-state index in [9.17, 15) is 4.79 Å². The molecule has 1 aliphatic carbocycles. The lowest BCUT2D eigenvalue weighted by Gasteiger charge is -2.43. The van der Waals surface area contributed by atoms with E-state index < -0.39 is 0 Å². The van der Waals surface area contributed by atoms with Gasteiger partial charge in [-0.3, -0.25) is 9.69 Å². The first-order valence-electron chi connectivity index (χ1n) is 8.86. The van der Waals surface area contributed by atoms with Gasteiger partial charge in [0.2, 0.25) is 12.4 Å². The molecule has 3 heterocycles. The van der Waals surface area contributed by atoms with E-state index in [-0.39, 0.29) is 0 Å². The number of rotatable bonds is 3. The molecule has 4 rings (SSSR count). The molecule has 6 heteroatoms. The molecule has 3 aliphatic rings. The Morgan fingerprint density at radius 2 is 1.83 bits per heavy atom. The second-order valence-electron chi connectivity index (χ2n) is 6.89. The van der Waals surface area contributed by atoms with E-state index in [4.69, 9.17) is 4.98 Å². The van der Waals surface area contributed by atoms with Gasteiger partial charge in [-0.15, -0.1) is 0 Å². The predicted molar refractivity (Wildman–Crippen MR) is 88.5 cm³/mol. The van der Waals surface area contributed by atoms with Crippen LogP contribution in [-0.2, 0) is 17.6 Å². The summed E-state index contributed by atoms with van der Waals surface area (Å²) in [5, 5.41) is 0. The summed E-state index contributed by atoms with van der Waals surface area (Å²) in [6, 6.07) is 0.833. The first-order chi connectivity index (χ1) is 11.3. The summed E-state index contributed by atoms with van der Waals surface area (Å²) in [7, 11) is 0. The third-order valence-electron chi connectivity index (χ3n) is 5.58. The number of carbonyl (C=O) groups excluding carboxylic acids is 1. The van der Waals surface area contributed by atoms with Crippen molar-refractivity contribution in [3.05, 3.63) is 17.5 Å². The molecule has 23 heavy (non-hydrogen) atoms. The number of nitrogens with zero attached hydrogens (tertiary/aromatic N) is 5. The Morgan fingerprint density at radius 3 is 2.52 bits per heavy atom. The molecule has 0 bridgehead atoms. The van der Waals surface area contributed by atoms with E-state index in [1.165, 1.54) is 24.8 Å². The standard InChI is InChI=1S/C17H25N5O/c23-13-20-6-4-14-12-18-17(19-16(14)5-7-20)22-10-8-21(9-11-22)15-2-1-3-15/h12-13,15H,1-11H2. The van der Waals surface area contributed by atoms with Crippen molar-refractivity contribution in [2.45, 2.75) is 38.1 Å². The number of fused-ring (bicyclic) bond motifs is 1. The molecule has 1 aromatic rings. The second-order valence-corrected chi connectivity index (χ2v) is 6.89. The molecule has 1 saturated carbocycles. The smallest absolute Gasteiger partial charge is 0.225 e. The van der Waals surface area contributed by atoms with Crippen molar-refractivity contribution in [1.82, 2.24) is 19.8 Å². The zero-order valence-electron chi connectivity index (χ0n) is 13.7. The van der Waals surface area contributed by atoms with Gasteiger partial charge in [0.05, 0.1) is 5.69 Å². The van der Waals surface area contributed by atoms with E-state index in [1.54, 1.807) is 0 Å². The largest absolute Gasteiger partial charge is 0.345 e. The number of hydrogen-bond donors (Lipinski definition) is 0. The van der Waals surface area contributed by atoms with Crippen molar-refractivity contribution in [2.24, 2.45) is 0 Å². The lowest BCUT2D eigenvalue weighted by molar-refractivity contribution is -0.118. The number of piperazine rings is 1. The summed E-state index contributed by atoms with van der Waals surface area (Å²) >= 11 is 0. The van der Waals surface area contributed by atoms with Crippen molar-refractivity contribution < 1.29 is 4.79 Å². The summed E-state index contributed by atoms with van der Waals surface area (Å²) in [6.45, 7) is 5.85. The van der Waals surface area contributed by atoms with Crippen LogP contribution in [0.1, 0.15) is 30.5 Å². The minimum absolute atomic E-state index is 0.766. The lowest BCUT2D eigenvalue weighted by atomic mass is 9.91. The monoisotopic (exact) mass is 315 g/mol. The molecular formula is C17H25N5O. The molecule has 1 saturated heterocycles. The molecule has 0 radical (unpaired) electrons. The minimum atomic E-state index is 0.766. The van der Waals surface area contributed by atoms with E-state index in [0.717, 1.165) is 76.2 Å². The van der Waals surface area contributed by atoms with Crippen molar-refractivity contribution in [2.75, 3.05) is 44.2 Å². The molecule has 0 atom stereocenters. The molecular weight excluding hydrogens is 290 g/mol. The van der Waals surface area contributed by atoms with Crippen molar-refractivity contribution in [3.8, 4) is 0 Å². The SMILES string of the molecule is O=CN1CCc2cnc(N3CCN(C4CCC4)CC3)nc2CC1. The van der Waals surface area contributed by atoms with E-state index >= 15 is 0 Å². The second kappa shape index (κ2) is 6.43. The van der Waals surface area contributed by atoms with Crippen LogP contribution in [0, 0.1) is 0 Å². The number of carbonyl (C=O) groups is 1. The fourth-order valence-electron chi connectivity index (χ4n) is 3.78. The number of anilines is 1. The number of hydrogen-bond acceptors (Lipinski definition) is 5. The predicted octanol–water partition coefficient (Wildman–Crippen LogP) is 0.708. The van der Waals surface area contributed by atoms with Gasteiger partial charge in [-0.2, -0.15) is 0 Å². The highest BCUT2D eigenvalue weighted by Gasteiger charge is 2.28. The Labute approximate surface area is 137 Å². The Bertz CT molecular complexity index is 566. The van der Waals surface area contributed by atoms with Gasteiger partial charge >= 0.3 is 0 Å². The average Bonchev–Trinajstić information content (AvgIpc) is 2.75. The first kappa shape index (κ1) is 14.9. The summed E-state index contributed by atoms with van der Waals surface area (Å²) in [6.07, 6.45) is 8.78. The van der Waals surface area contributed by atoms with Gasteiger partial charge in [0.25, 0.3) is 0 Å². The maximum atomic E-state index is 11.0. The van der Waals surface area contributed by atoms with E-state index in [0.29, 0.717) is 0 Å². The molecule has 0 aromatic carbocycles. The summed E-state index contributed by atoms with van der Waals surface area (Å²) in [4.78, 5) is 27.2. The van der Waals surface area contributed by atoms with Crippen LogP contribution >= 0.6 is 0 Å². The van der Waals surface area contributed by atoms with Gasteiger partial charge in [0.1, 0.15) is 0 Å². The van der Waals surface area contributed by atoms with Crippen LogP contribution in [0.15, 0.2) is 6.20 Å².